The maximum atomic E-state index is 14.1. The summed E-state index contributed by atoms with van der Waals surface area (Å²) < 4.78 is 6.82. The lowest BCUT2D eigenvalue weighted by Crippen LogP contribution is -2.43. The molecule has 1 amide bonds. The zero-order chi connectivity index (χ0) is 25.3. The molecule has 4 rings (SSSR count). The van der Waals surface area contributed by atoms with Gasteiger partial charge in [-0.2, -0.15) is 0 Å². The summed E-state index contributed by atoms with van der Waals surface area (Å²) in [7, 11) is 0. The number of carbonyl (C=O) groups is 1. The minimum atomic E-state index is -0.703. The number of carbonyl (C=O) groups excluding carboxylic acids is 1. The van der Waals surface area contributed by atoms with E-state index < -0.39 is 17.2 Å². The van der Waals surface area contributed by atoms with Crippen molar-refractivity contribution in [2.45, 2.75) is 34.2 Å². The quantitative estimate of drug-likeness (QED) is 0.417. The van der Waals surface area contributed by atoms with Gasteiger partial charge in [0.15, 0.2) is 11.4 Å². The minimum absolute atomic E-state index is 0.0147. The fourth-order valence-corrected chi connectivity index (χ4v) is 4.07. The Bertz CT molecular complexity index is 1480. The molecule has 0 saturated carbocycles. The molecule has 0 atom stereocenters. The van der Waals surface area contributed by atoms with Crippen LogP contribution in [-0.2, 0) is 6.54 Å². The lowest BCUT2D eigenvalue weighted by Gasteiger charge is -2.27. The maximum Gasteiger partial charge on any atom is 0.330 e. The van der Waals surface area contributed by atoms with E-state index in [1.54, 1.807) is 18.2 Å². The second kappa shape index (κ2) is 9.61. The summed E-state index contributed by atoms with van der Waals surface area (Å²) in [5.74, 6) is 0.176. The van der Waals surface area contributed by atoms with Crippen LogP contribution < -0.4 is 21.9 Å². The molecular weight excluding hydrogens is 446 g/mol. The number of nitrogen functional groups attached to an aromatic ring is 1. The average Bonchev–Trinajstić information content (AvgIpc) is 3.34. The number of aromatic nitrogens is 3. The number of anilines is 2. The highest BCUT2D eigenvalue weighted by molar-refractivity contribution is 6.14. The highest BCUT2D eigenvalue weighted by atomic mass is 16.3. The van der Waals surface area contributed by atoms with Crippen LogP contribution in [-0.4, -0.2) is 27.0 Å². The van der Waals surface area contributed by atoms with Gasteiger partial charge in [-0.15, -0.1) is 0 Å². The number of H-pyrrole nitrogens is 1. The Kier molecular flexibility index (Phi) is 6.59. The molecule has 0 radical (unpaired) electrons. The number of benzene rings is 1. The average molecular weight is 476 g/mol. The number of aromatic amines is 1. The molecule has 182 valence electrons. The number of furan rings is 1. The molecule has 0 saturated heterocycles. The molecule has 0 fully saturated rings. The van der Waals surface area contributed by atoms with Crippen molar-refractivity contribution in [3.8, 4) is 11.5 Å². The molecule has 9 nitrogen and oxygen atoms in total. The molecule has 3 aromatic heterocycles. The number of amides is 1. The standard InChI is InChI=1S/C26H29N5O4/c1-15(2)13-30(22-23(27)31(14-16(3)4)26(34)29-24(22)32)25(33)18-12-20(21-10-7-11-35-21)28-19-9-6-5-8-17(18)19/h5-12,15-16H,13-14,27H2,1-4H3,(H,29,32,34). The topological polar surface area (TPSA) is 127 Å². The molecular formula is C26H29N5O4. The summed E-state index contributed by atoms with van der Waals surface area (Å²) in [5, 5.41) is 0.632. The van der Waals surface area contributed by atoms with Gasteiger partial charge in [0.1, 0.15) is 11.5 Å². The Balaban J connectivity index is 1.94. The van der Waals surface area contributed by atoms with Gasteiger partial charge in [0.2, 0.25) is 0 Å². The number of nitrogens with zero attached hydrogens (tertiary/aromatic N) is 3. The smallest absolute Gasteiger partial charge is 0.330 e. The predicted molar refractivity (Wildman–Crippen MR) is 137 cm³/mol. The molecule has 0 unspecified atom stereocenters. The number of fused-ring (bicyclic) bond motifs is 1. The van der Waals surface area contributed by atoms with Gasteiger partial charge in [-0.05, 0) is 36.1 Å². The van der Waals surface area contributed by atoms with Gasteiger partial charge in [0.05, 0.1) is 17.3 Å². The molecule has 35 heavy (non-hydrogen) atoms. The van der Waals surface area contributed by atoms with E-state index in [9.17, 15) is 14.4 Å². The summed E-state index contributed by atoms with van der Waals surface area (Å²) in [4.78, 5) is 47.9. The number of hydrogen-bond acceptors (Lipinski definition) is 6. The highest BCUT2D eigenvalue weighted by Gasteiger charge is 2.28. The fraction of sp³-hybridized carbons (Fsp3) is 0.308. The van der Waals surface area contributed by atoms with Gasteiger partial charge < -0.3 is 15.1 Å². The van der Waals surface area contributed by atoms with E-state index in [0.717, 1.165) is 0 Å². The summed E-state index contributed by atoms with van der Waals surface area (Å²) >= 11 is 0. The first-order valence-corrected chi connectivity index (χ1v) is 11.6. The predicted octanol–water partition coefficient (Wildman–Crippen LogP) is 3.89. The van der Waals surface area contributed by atoms with Crippen LogP contribution in [0.15, 0.2) is 62.7 Å². The van der Waals surface area contributed by atoms with Gasteiger partial charge in [0.25, 0.3) is 11.5 Å². The second-order valence-electron chi connectivity index (χ2n) is 9.36. The van der Waals surface area contributed by atoms with E-state index in [0.29, 0.717) is 34.5 Å². The fourth-order valence-electron chi connectivity index (χ4n) is 4.07. The third-order valence-corrected chi connectivity index (χ3v) is 5.54. The number of rotatable bonds is 7. The van der Waals surface area contributed by atoms with Crippen LogP contribution in [0.3, 0.4) is 0 Å². The van der Waals surface area contributed by atoms with Crippen LogP contribution >= 0.6 is 0 Å². The van der Waals surface area contributed by atoms with Gasteiger partial charge in [-0.3, -0.25) is 19.1 Å². The van der Waals surface area contributed by atoms with Gasteiger partial charge in [0, 0.05) is 18.5 Å². The Morgan fingerprint density at radius 2 is 1.86 bits per heavy atom. The van der Waals surface area contributed by atoms with Gasteiger partial charge in [-0.25, -0.2) is 9.78 Å². The third kappa shape index (κ3) is 4.75. The molecule has 9 heteroatoms. The lowest BCUT2D eigenvalue weighted by molar-refractivity contribution is 0.0985. The highest BCUT2D eigenvalue weighted by Crippen LogP contribution is 2.28. The summed E-state index contributed by atoms with van der Waals surface area (Å²) in [5.41, 5.74) is 6.48. The number of pyridine rings is 1. The van der Waals surface area contributed by atoms with E-state index in [2.05, 4.69) is 9.97 Å². The van der Waals surface area contributed by atoms with E-state index in [1.165, 1.54) is 15.7 Å². The Morgan fingerprint density at radius 1 is 1.11 bits per heavy atom. The zero-order valence-corrected chi connectivity index (χ0v) is 20.2. The Hall–Kier alpha value is -4.14. The number of para-hydroxylation sites is 1. The van der Waals surface area contributed by atoms with Crippen molar-refractivity contribution in [2.24, 2.45) is 11.8 Å². The van der Waals surface area contributed by atoms with Crippen LogP contribution in [0.5, 0.6) is 0 Å². The maximum absolute atomic E-state index is 14.1. The monoisotopic (exact) mass is 475 g/mol. The first kappa shape index (κ1) is 24.0. The largest absolute Gasteiger partial charge is 0.463 e. The third-order valence-electron chi connectivity index (χ3n) is 5.54. The summed E-state index contributed by atoms with van der Waals surface area (Å²) in [6.45, 7) is 8.28. The van der Waals surface area contributed by atoms with Crippen molar-refractivity contribution in [2.75, 3.05) is 17.2 Å². The SMILES string of the molecule is CC(C)CN(C(=O)c1cc(-c2ccco2)nc2ccccc12)c1c(N)n(CC(C)C)c(=O)[nH]c1=O. The van der Waals surface area contributed by atoms with Crippen LogP contribution in [0.4, 0.5) is 11.5 Å². The van der Waals surface area contributed by atoms with Gasteiger partial charge >= 0.3 is 5.69 Å². The van der Waals surface area contributed by atoms with Crippen molar-refractivity contribution in [1.29, 1.82) is 0 Å². The molecule has 0 aliphatic carbocycles. The van der Waals surface area contributed by atoms with E-state index in [1.807, 2.05) is 52.0 Å². The Morgan fingerprint density at radius 3 is 2.51 bits per heavy atom. The van der Waals surface area contributed by atoms with Crippen molar-refractivity contribution < 1.29 is 9.21 Å². The Labute approximate surface area is 202 Å². The molecule has 0 aliphatic rings. The van der Waals surface area contributed by atoms with Crippen molar-refractivity contribution in [1.82, 2.24) is 14.5 Å². The molecule has 0 spiro atoms. The molecule has 3 heterocycles. The van der Waals surface area contributed by atoms with E-state index in [4.69, 9.17) is 10.2 Å². The van der Waals surface area contributed by atoms with E-state index in [-0.39, 0.29) is 29.9 Å². The minimum Gasteiger partial charge on any atom is -0.463 e. The molecule has 4 aromatic rings. The van der Waals surface area contributed by atoms with Crippen LogP contribution in [0.2, 0.25) is 0 Å². The van der Waals surface area contributed by atoms with Crippen molar-refractivity contribution in [3.63, 3.8) is 0 Å². The number of hydrogen-bond donors (Lipinski definition) is 2. The molecule has 1 aromatic carbocycles. The lowest BCUT2D eigenvalue weighted by atomic mass is 10.0. The zero-order valence-electron chi connectivity index (χ0n) is 20.2. The number of nitrogens with one attached hydrogen (secondary N) is 1. The van der Waals surface area contributed by atoms with E-state index >= 15 is 0 Å². The molecule has 0 bridgehead atoms. The van der Waals surface area contributed by atoms with Crippen molar-refractivity contribution >= 4 is 28.3 Å². The number of nitrogens with two attached hydrogens (primary N) is 1. The second-order valence-corrected chi connectivity index (χ2v) is 9.36. The first-order valence-electron chi connectivity index (χ1n) is 11.6. The molecule has 0 aliphatic heterocycles. The first-order chi connectivity index (χ1) is 16.7. The van der Waals surface area contributed by atoms with Crippen molar-refractivity contribution in [3.05, 3.63) is 75.1 Å². The normalized spacial score (nSPS) is 11.5. The van der Waals surface area contributed by atoms with Crippen LogP contribution in [0, 0.1) is 11.8 Å². The summed E-state index contributed by atoms with van der Waals surface area (Å²) in [6, 6.07) is 12.5. The van der Waals surface area contributed by atoms with Crippen LogP contribution in [0.1, 0.15) is 38.1 Å². The van der Waals surface area contributed by atoms with Gasteiger partial charge in [-0.1, -0.05) is 45.9 Å². The molecule has 3 N–H and O–H groups in total. The van der Waals surface area contributed by atoms with Crippen LogP contribution in [0.25, 0.3) is 22.4 Å². The summed E-state index contributed by atoms with van der Waals surface area (Å²) in [6.07, 6.45) is 1.54.